The molecule has 3 aromatic rings. The zero-order valence-electron chi connectivity index (χ0n) is 14.0. The van der Waals surface area contributed by atoms with E-state index < -0.39 is 17.6 Å². The third kappa shape index (κ3) is 3.64. The van der Waals surface area contributed by atoms with Crippen molar-refractivity contribution in [2.45, 2.75) is 6.92 Å². The van der Waals surface area contributed by atoms with Crippen molar-refractivity contribution in [3.8, 4) is 11.3 Å². The van der Waals surface area contributed by atoms with Gasteiger partial charge in [-0.1, -0.05) is 30.3 Å². The lowest BCUT2D eigenvalue weighted by Crippen LogP contribution is -2.14. The van der Waals surface area contributed by atoms with E-state index >= 15 is 0 Å². The van der Waals surface area contributed by atoms with Crippen LogP contribution in [0.15, 0.2) is 60.8 Å². The molecule has 0 fully saturated rings. The van der Waals surface area contributed by atoms with Gasteiger partial charge in [0.2, 0.25) is 5.78 Å². The van der Waals surface area contributed by atoms with Crippen molar-refractivity contribution in [3.63, 3.8) is 0 Å². The fraction of sp³-hybridized carbons (Fsp3) is 0.100. The number of hydrogen-bond acceptors (Lipinski definition) is 5. The first kappa shape index (κ1) is 17.4. The van der Waals surface area contributed by atoms with Gasteiger partial charge in [0.15, 0.2) is 5.69 Å². The molecule has 3 rings (SSSR count). The number of hydrogen-bond donors (Lipinski definition) is 0. The van der Waals surface area contributed by atoms with Crippen LogP contribution >= 0.6 is 0 Å². The predicted molar refractivity (Wildman–Crippen MR) is 93.3 cm³/mol. The lowest BCUT2D eigenvalue weighted by Gasteiger charge is -2.09. The zero-order valence-corrected chi connectivity index (χ0v) is 14.0. The molecule has 6 heteroatoms. The summed E-state index contributed by atoms with van der Waals surface area (Å²) >= 11 is 0. The summed E-state index contributed by atoms with van der Waals surface area (Å²) in [5.41, 5.74) is 1.22. The number of nitrogens with zero attached hydrogens (tertiary/aromatic N) is 2. The van der Waals surface area contributed by atoms with Gasteiger partial charge in [0.05, 0.1) is 12.8 Å². The van der Waals surface area contributed by atoms with Gasteiger partial charge in [-0.25, -0.2) is 14.2 Å². The number of carbonyl (C=O) groups excluding carboxylic acids is 2. The third-order valence-corrected chi connectivity index (χ3v) is 3.63. The minimum absolute atomic E-state index is 0.0145. The quantitative estimate of drug-likeness (QED) is 0.518. The molecule has 2 aromatic carbocycles. The van der Waals surface area contributed by atoms with Crippen molar-refractivity contribution in [1.29, 1.82) is 0 Å². The summed E-state index contributed by atoms with van der Waals surface area (Å²) in [4.78, 5) is 33.3. The number of carbonyl (C=O) groups is 2. The predicted octanol–water partition coefficient (Wildman–Crippen LogP) is 3.69. The smallest absolute Gasteiger partial charge is 0.359 e. The van der Waals surface area contributed by atoms with E-state index in [1.807, 2.05) is 18.2 Å². The maximum Gasteiger partial charge on any atom is 0.359 e. The Bertz CT molecular complexity index is 941. The van der Waals surface area contributed by atoms with Crippen LogP contribution in [0, 0.1) is 5.82 Å². The lowest BCUT2D eigenvalue weighted by atomic mass is 10.1. The van der Waals surface area contributed by atoms with E-state index in [0.717, 1.165) is 0 Å². The SMILES string of the molecule is CCOC(=O)c1nc(C(=O)c2ccc(F)cc2)cnc1-c1ccccc1. The summed E-state index contributed by atoms with van der Waals surface area (Å²) in [7, 11) is 0. The van der Waals surface area contributed by atoms with Gasteiger partial charge in [-0.05, 0) is 31.2 Å². The highest BCUT2D eigenvalue weighted by atomic mass is 19.1. The molecule has 5 nitrogen and oxygen atoms in total. The molecular formula is C20H15FN2O3. The first-order valence-electron chi connectivity index (χ1n) is 8.00. The van der Waals surface area contributed by atoms with Gasteiger partial charge in [0.25, 0.3) is 0 Å². The van der Waals surface area contributed by atoms with Crippen LogP contribution in [0.4, 0.5) is 4.39 Å². The molecule has 0 amide bonds. The molecule has 0 atom stereocenters. The molecule has 0 aliphatic carbocycles. The summed E-state index contributed by atoms with van der Waals surface area (Å²) in [5.74, 6) is -1.56. The molecule has 0 unspecified atom stereocenters. The molecule has 130 valence electrons. The molecule has 0 bridgehead atoms. The number of ketones is 1. The molecule has 0 saturated carbocycles. The molecule has 0 aliphatic rings. The number of esters is 1. The van der Waals surface area contributed by atoms with Crippen LogP contribution in [0.3, 0.4) is 0 Å². The fourth-order valence-corrected chi connectivity index (χ4v) is 2.40. The second-order valence-electron chi connectivity index (χ2n) is 5.37. The number of aromatic nitrogens is 2. The van der Waals surface area contributed by atoms with Crippen LogP contribution < -0.4 is 0 Å². The van der Waals surface area contributed by atoms with E-state index in [0.29, 0.717) is 11.3 Å². The minimum atomic E-state index is -0.660. The Labute approximate surface area is 149 Å². The molecule has 0 N–H and O–H groups in total. The van der Waals surface area contributed by atoms with Crippen molar-refractivity contribution in [2.75, 3.05) is 6.61 Å². The summed E-state index contributed by atoms with van der Waals surface area (Å²) in [5, 5.41) is 0. The van der Waals surface area contributed by atoms with E-state index in [4.69, 9.17) is 4.74 Å². The van der Waals surface area contributed by atoms with Gasteiger partial charge >= 0.3 is 5.97 Å². The molecule has 0 saturated heterocycles. The summed E-state index contributed by atoms with van der Waals surface area (Å²) < 4.78 is 18.1. The van der Waals surface area contributed by atoms with Crippen LogP contribution in [0.25, 0.3) is 11.3 Å². The molecule has 26 heavy (non-hydrogen) atoms. The fourth-order valence-electron chi connectivity index (χ4n) is 2.40. The molecule has 0 aliphatic heterocycles. The second-order valence-corrected chi connectivity index (χ2v) is 5.37. The van der Waals surface area contributed by atoms with Crippen molar-refractivity contribution in [3.05, 3.63) is 83.6 Å². The van der Waals surface area contributed by atoms with Gasteiger partial charge in [-0.3, -0.25) is 9.78 Å². The Kier molecular flexibility index (Phi) is 5.12. The largest absolute Gasteiger partial charge is 0.461 e. The van der Waals surface area contributed by atoms with E-state index in [-0.39, 0.29) is 23.6 Å². The minimum Gasteiger partial charge on any atom is -0.461 e. The van der Waals surface area contributed by atoms with Gasteiger partial charge in [-0.15, -0.1) is 0 Å². The van der Waals surface area contributed by atoms with Gasteiger partial charge in [0.1, 0.15) is 17.2 Å². The topological polar surface area (TPSA) is 69.2 Å². The molecule has 0 radical (unpaired) electrons. The first-order chi connectivity index (χ1) is 12.6. The van der Waals surface area contributed by atoms with Crippen LogP contribution in [-0.2, 0) is 4.74 Å². The summed E-state index contributed by atoms with van der Waals surface area (Å²) in [6.07, 6.45) is 1.30. The lowest BCUT2D eigenvalue weighted by molar-refractivity contribution is 0.0520. The Morgan fingerprint density at radius 1 is 1.04 bits per heavy atom. The standard InChI is InChI=1S/C20H15FN2O3/c1-2-26-20(25)18-17(13-6-4-3-5-7-13)22-12-16(23-18)19(24)14-8-10-15(21)11-9-14/h3-12H,2H2,1H3. The molecule has 0 spiro atoms. The second kappa shape index (κ2) is 7.65. The Morgan fingerprint density at radius 3 is 2.38 bits per heavy atom. The van der Waals surface area contributed by atoms with Gasteiger partial charge in [-0.2, -0.15) is 0 Å². The van der Waals surface area contributed by atoms with Crippen LogP contribution in [0.2, 0.25) is 0 Å². The Hall–Kier alpha value is -3.41. The normalized spacial score (nSPS) is 10.4. The number of benzene rings is 2. The zero-order chi connectivity index (χ0) is 18.5. The van der Waals surface area contributed by atoms with E-state index in [1.165, 1.54) is 30.5 Å². The van der Waals surface area contributed by atoms with E-state index in [2.05, 4.69) is 9.97 Å². The highest BCUT2D eigenvalue weighted by Crippen LogP contribution is 2.21. The molecule has 1 heterocycles. The van der Waals surface area contributed by atoms with Crippen molar-refractivity contribution < 1.29 is 18.7 Å². The Balaban J connectivity index is 2.06. The number of rotatable bonds is 5. The average molecular weight is 350 g/mol. The highest BCUT2D eigenvalue weighted by molar-refractivity contribution is 6.08. The molecular weight excluding hydrogens is 335 g/mol. The Morgan fingerprint density at radius 2 is 1.73 bits per heavy atom. The maximum absolute atomic E-state index is 13.0. The van der Waals surface area contributed by atoms with E-state index in [9.17, 15) is 14.0 Å². The van der Waals surface area contributed by atoms with Crippen molar-refractivity contribution in [2.24, 2.45) is 0 Å². The summed E-state index contributed by atoms with van der Waals surface area (Å²) in [6, 6.07) is 14.1. The monoisotopic (exact) mass is 350 g/mol. The summed E-state index contributed by atoms with van der Waals surface area (Å²) in [6.45, 7) is 1.85. The first-order valence-corrected chi connectivity index (χ1v) is 8.00. The van der Waals surface area contributed by atoms with Crippen LogP contribution in [-0.4, -0.2) is 28.3 Å². The third-order valence-electron chi connectivity index (χ3n) is 3.63. The van der Waals surface area contributed by atoms with Gasteiger partial charge in [0, 0.05) is 11.1 Å². The van der Waals surface area contributed by atoms with Gasteiger partial charge < -0.3 is 4.74 Å². The van der Waals surface area contributed by atoms with Crippen molar-refractivity contribution >= 4 is 11.8 Å². The number of halogens is 1. The van der Waals surface area contributed by atoms with E-state index in [1.54, 1.807) is 19.1 Å². The van der Waals surface area contributed by atoms with Crippen LogP contribution in [0.5, 0.6) is 0 Å². The average Bonchev–Trinajstić information content (AvgIpc) is 2.68. The molecule has 1 aromatic heterocycles. The number of ether oxygens (including phenoxy) is 1. The highest BCUT2D eigenvalue weighted by Gasteiger charge is 2.21. The maximum atomic E-state index is 13.0. The van der Waals surface area contributed by atoms with Crippen molar-refractivity contribution in [1.82, 2.24) is 9.97 Å². The van der Waals surface area contributed by atoms with Crippen LogP contribution in [0.1, 0.15) is 33.5 Å².